The molecule has 1 fully saturated rings. The highest BCUT2D eigenvalue weighted by molar-refractivity contribution is 7.91. The molecule has 1 aliphatic rings. The van der Waals surface area contributed by atoms with Gasteiger partial charge < -0.3 is 9.47 Å². The quantitative estimate of drug-likeness (QED) is 0.739. The lowest BCUT2D eigenvalue weighted by Crippen LogP contribution is -2.38. The maximum Gasteiger partial charge on any atom is 0.240 e. The smallest absolute Gasteiger partial charge is 0.240 e. The molecule has 1 aromatic rings. The molecule has 0 aromatic carbocycles. The lowest BCUT2D eigenvalue weighted by molar-refractivity contribution is -0.117. The van der Waals surface area contributed by atoms with E-state index in [9.17, 15) is 13.2 Å². The monoisotopic (exact) mass is 344 g/mol. The molecular formula is C13H20N4O5S. The van der Waals surface area contributed by atoms with Crippen LogP contribution in [-0.2, 0) is 14.6 Å². The molecule has 2 rings (SSSR count). The van der Waals surface area contributed by atoms with E-state index in [-0.39, 0.29) is 47.7 Å². The Bertz CT molecular complexity index is 657. The van der Waals surface area contributed by atoms with Gasteiger partial charge >= 0.3 is 0 Å². The predicted octanol–water partition coefficient (Wildman–Crippen LogP) is -0.449. The number of methoxy groups -OCH3 is 2. The first-order valence-corrected chi connectivity index (χ1v) is 8.82. The summed E-state index contributed by atoms with van der Waals surface area (Å²) in [7, 11) is 1.63. The summed E-state index contributed by atoms with van der Waals surface area (Å²) in [6, 6.07) is 1.34. The zero-order valence-electron chi connectivity index (χ0n) is 13.3. The van der Waals surface area contributed by atoms with Crippen molar-refractivity contribution in [1.29, 1.82) is 0 Å². The van der Waals surface area contributed by atoms with Gasteiger partial charge in [0.1, 0.15) is 0 Å². The summed E-state index contributed by atoms with van der Waals surface area (Å²) in [5, 5.41) is 2.55. The van der Waals surface area contributed by atoms with Gasteiger partial charge in [0, 0.05) is 6.04 Å². The molecule has 1 atom stereocenters. The molecule has 1 N–H and O–H groups in total. The first-order chi connectivity index (χ1) is 10.8. The molecule has 0 radical (unpaired) electrons. The van der Waals surface area contributed by atoms with E-state index in [1.54, 1.807) is 11.9 Å². The van der Waals surface area contributed by atoms with Crippen molar-refractivity contribution in [3.8, 4) is 11.8 Å². The van der Waals surface area contributed by atoms with Crippen LogP contribution in [0.2, 0.25) is 0 Å². The van der Waals surface area contributed by atoms with Crippen LogP contribution in [0.4, 0.5) is 5.95 Å². The number of amides is 1. The van der Waals surface area contributed by atoms with Gasteiger partial charge in [0.25, 0.3) is 0 Å². The Hall–Kier alpha value is -1.94. The zero-order valence-corrected chi connectivity index (χ0v) is 14.1. The van der Waals surface area contributed by atoms with E-state index in [4.69, 9.17) is 9.47 Å². The van der Waals surface area contributed by atoms with Gasteiger partial charge in [-0.05, 0) is 13.5 Å². The van der Waals surface area contributed by atoms with Crippen molar-refractivity contribution in [2.45, 2.75) is 12.5 Å². The van der Waals surface area contributed by atoms with Crippen molar-refractivity contribution in [2.75, 3.05) is 44.6 Å². The summed E-state index contributed by atoms with van der Waals surface area (Å²) >= 11 is 0. The number of hydrogen-bond acceptors (Lipinski definition) is 8. The molecule has 1 saturated heterocycles. The fourth-order valence-corrected chi connectivity index (χ4v) is 4.12. The first kappa shape index (κ1) is 17.4. The van der Waals surface area contributed by atoms with Gasteiger partial charge in [-0.3, -0.25) is 15.0 Å². The second-order valence-electron chi connectivity index (χ2n) is 5.30. The summed E-state index contributed by atoms with van der Waals surface area (Å²) in [5.41, 5.74) is 0. The van der Waals surface area contributed by atoms with Crippen molar-refractivity contribution in [3.63, 3.8) is 0 Å². The summed E-state index contributed by atoms with van der Waals surface area (Å²) in [6.07, 6.45) is 0.537. The third-order valence-electron chi connectivity index (χ3n) is 3.57. The summed E-state index contributed by atoms with van der Waals surface area (Å²) in [6.45, 7) is 0.0447. The van der Waals surface area contributed by atoms with Crippen molar-refractivity contribution >= 4 is 21.7 Å². The van der Waals surface area contributed by atoms with E-state index in [1.165, 1.54) is 20.3 Å². The maximum absolute atomic E-state index is 12.1. The highest BCUT2D eigenvalue weighted by Gasteiger charge is 2.31. The normalized spacial score (nSPS) is 19.6. The number of ether oxygens (including phenoxy) is 2. The first-order valence-electron chi connectivity index (χ1n) is 7.00. The third kappa shape index (κ3) is 4.76. The van der Waals surface area contributed by atoms with Crippen LogP contribution in [0.5, 0.6) is 11.8 Å². The van der Waals surface area contributed by atoms with E-state index in [0.29, 0.717) is 6.42 Å². The minimum atomic E-state index is -2.98. The van der Waals surface area contributed by atoms with E-state index < -0.39 is 9.84 Å². The van der Waals surface area contributed by atoms with Crippen molar-refractivity contribution in [2.24, 2.45) is 0 Å². The molecule has 0 unspecified atom stereocenters. The fraction of sp³-hybridized carbons (Fsp3) is 0.615. The van der Waals surface area contributed by atoms with Crippen LogP contribution >= 0.6 is 0 Å². The van der Waals surface area contributed by atoms with E-state index >= 15 is 0 Å². The van der Waals surface area contributed by atoms with Gasteiger partial charge in [0.15, 0.2) is 9.84 Å². The molecule has 0 saturated carbocycles. The van der Waals surface area contributed by atoms with Gasteiger partial charge in [0.2, 0.25) is 23.6 Å². The largest absolute Gasteiger partial charge is 0.481 e. The average molecular weight is 344 g/mol. The van der Waals surface area contributed by atoms with Crippen LogP contribution in [0.25, 0.3) is 0 Å². The van der Waals surface area contributed by atoms with Crippen LogP contribution in [0.15, 0.2) is 6.07 Å². The van der Waals surface area contributed by atoms with Crippen molar-refractivity contribution in [1.82, 2.24) is 14.9 Å². The number of carbonyl (C=O) groups is 1. The summed E-state index contributed by atoms with van der Waals surface area (Å²) in [4.78, 5) is 21.8. The molecule has 0 spiro atoms. The Morgan fingerprint density at radius 3 is 2.43 bits per heavy atom. The maximum atomic E-state index is 12.1. The van der Waals surface area contributed by atoms with Gasteiger partial charge in [-0.15, -0.1) is 0 Å². The fourth-order valence-electron chi connectivity index (χ4n) is 2.31. The summed E-state index contributed by atoms with van der Waals surface area (Å²) in [5.74, 6) is 0.510. The number of sulfone groups is 1. The minimum absolute atomic E-state index is 0.0447. The van der Waals surface area contributed by atoms with Crippen LogP contribution in [-0.4, -0.2) is 74.6 Å². The van der Waals surface area contributed by atoms with Crippen molar-refractivity contribution < 1.29 is 22.7 Å². The van der Waals surface area contributed by atoms with E-state index in [2.05, 4.69) is 15.3 Å². The Labute approximate surface area is 134 Å². The number of likely N-dealkylation sites (N-methyl/N-ethyl adjacent to an activating group) is 1. The van der Waals surface area contributed by atoms with Gasteiger partial charge in [-0.2, -0.15) is 9.97 Å². The van der Waals surface area contributed by atoms with Crippen LogP contribution in [0.3, 0.4) is 0 Å². The molecule has 1 aliphatic heterocycles. The van der Waals surface area contributed by atoms with Crippen molar-refractivity contribution in [3.05, 3.63) is 6.07 Å². The SMILES string of the molecule is COc1cc(OC)nc(NC(=O)CN(C)[C@H]2CCS(=O)(=O)C2)n1. The number of rotatable bonds is 6. The molecule has 23 heavy (non-hydrogen) atoms. The molecule has 1 aromatic heterocycles. The summed E-state index contributed by atoms with van der Waals surface area (Å²) < 4.78 is 33.0. The van der Waals surface area contributed by atoms with Crippen LogP contribution in [0, 0.1) is 0 Å². The second kappa shape index (κ2) is 7.09. The van der Waals surface area contributed by atoms with Crippen LogP contribution < -0.4 is 14.8 Å². The van der Waals surface area contributed by atoms with E-state index in [1.807, 2.05) is 0 Å². The number of anilines is 1. The molecule has 0 bridgehead atoms. The molecule has 0 aliphatic carbocycles. The Morgan fingerprint density at radius 2 is 1.96 bits per heavy atom. The molecule has 1 amide bonds. The predicted molar refractivity (Wildman–Crippen MR) is 83.5 cm³/mol. The Morgan fingerprint density at radius 1 is 1.35 bits per heavy atom. The Kier molecular flexibility index (Phi) is 5.37. The van der Waals surface area contributed by atoms with Gasteiger partial charge in [0.05, 0.1) is 38.3 Å². The van der Waals surface area contributed by atoms with Gasteiger partial charge in [-0.1, -0.05) is 0 Å². The molecular weight excluding hydrogens is 324 g/mol. The number of hydrogen-bond donors (Lipinski definition) is 1. The average Bonchev–Trinajstić information content (AvgIpc) is 2.86. The van der Waals surface area contributed by atoms with E-state index in [0.717, 1.165) is 0 Å². The topological polar surface area (TPSA) is 111 Å². The molecule has 128 valence electrons. The second-order valence-corrected chi connectivity index (χ2v) is 7.53. The minimum Gasteiger partial charge on any atom is -0.481 e. The zero-order chi connectivity index (χ0) is 17.0. The number of carbonyl (C=O) groups excluding carboxylic acids is 1. The lowest BCUT2D eigenvalue weighted by atomic mass is 10.2. The highest BCUT2D eigenvalue weighted by atomic mass is 32.2. The highest BCUT2D eigenvalue weighted by Crippen LogP contribution is 2.18. The molecule has 10 heteroatoms. The molecule has 2 heterocycles. The third-order valence-corrected chi connectivity index (χ3v) is 5.32. The van der Waals surface area contributed by atoms with Gasteiger partial charge in [-0.25, -0.2) is 8.42 Å². The number of nitrogens with one attached hydrogen (secondary N) is 1. The number of nitrogens with zero attached hydrogens (tertiary/aromatic N) is 3. The Balaban J connectivity index is 1.97. The van der Waals surface area contributed by atoms with Crippen LogP contribution in [0.1, 0.15) is 6.42 Å². The lowest BCUT2D eigenvalue weighted by Gasteiger charge is -2.22. The molecule has 9 nitrogen and oxygen atoms in total. The standard InChI is InChI=1S/C13H20N4O5S/c1-17(9-4-5-23(19,20)8-9)7-10(18)14-13-15-11(21-2)6-12(16-13)22-3/h6,9H,4-5,7-8H2,1-3H3,(H,14,15,16,18)/t9-/m0/s1. The number of aromatic nitrogens is 2.